The Morgan fingerprint density at radius 3 is 2.11 bits per heavy atom. The van der Waals surface area contributed by atoms with Crippen LogP contribution in [0.4, 0.5) is 0 Å². The Hall–Kier alpha value is -2.10. The van der Waals surface area contributed by atoms with Gasteiger partial charge in [0.2, 0.25) is 0 Å². The minimum Gasteiger partial charge on any atom is -0.340 e. The molecule has 134 valence electrons. The molecule has 0 N–H and O–H groups in total. The molecule has 0 saturated heterocycles. The normalized spacial score (nSPS) is 14.0. The topological polar surface area (TPSA) is 4.93 Å². The molecule has 27 heavy (non-hydrogen) atoms. The first-order chi connectivity index (χ1) is 13.4. The van der Waals surface area contributed by atoms with Crippen LogP contribution < -0.4 is 0 Å². The van der Waals surface area contributed by atoms with Crippen molar-refractivity contribution in [3.05, 3.63) is 84.4 Å². The maximum absolute atomic E-state index is 2.53. The van der Waals surface area contributed by atoms with Gasteiger partial charge in [-0.05, 0) is 30.2 Å². The van der Waals surface area contributed by atoms with Gasteiger partial charge in [0, 0.05) is 32.8 Å². The lowest BCUT2D eigenvalue weighted by Gasteiger charge is -2.15. The van der Waals surface area contributed by atoms with Crippen LogP contribution >= 0.6 is 23.5 Å². The van der Waals surface area contributed by atoms with E-state index in [0.717, 1.165) is 13.0 Å². The molecule has 3 aromatic carbocycles. The summed E-state index contributed by atoms with van der Waals surface area (Å²) in [5, 5.41) is 1.39. The summed E-state index contributed by atoms with van der Waals surface area (Å²) >= 11 is 3.99. The largest absolute Gasteiger partial charge is 0.340 e. The van der Waals surface area contributed by atoms with Crippen molar-refractivity contribution in [1.82, 2.24) is 4.57 Å². The second-order valence-electron chi connectivity index (χ2n) is 6.81. The molecule has 3 heteroatoms. The van der Waals surface area contributed by atoms with Gasteiger partial charge in [0.1, 0.15) is 0 Å². The Bertz CT molecular complexity index is 1070. The summed E-state index contributed by atoms with van der Waals surface area (Å²) in [4.78, 5) is 2.80. The fraction of sp³-hybridized carbons (Fsp3) is 0.167. The van der Waals surface area contributed by atoms with Crippen molar-refractivity contribution in [3.63, 3.8) is 0 Å². The highest BCUT2D eigenvalue weighted by Crippen LogP contribution is 2.59. The SMILES string of the molecule is CCCn1c(-c2ccccc2)c(C2Sc3ccccc3S2)c2ccccc21. The monoisotopic (exact) mass is 387 g/mol. The molecule has 0 amide bonds. The third-order valence-corrected chi connectivity index (χ3v) is 7.88. The smallest absolute Gasteiger partial charge is 0.0873 e. The van der Waals surface area contributed by atoms with Gasteiger partial charge in [0.05, 0.1) is 10.3 Å². The first-order valence-corrected chi connectivity index (χ1v) is 11.2. The van der Waals surface area contributed by atoms with Crippen LogP contribution in [0.3, 0.4) is 0 Å². The maximum atomic E-state index is 2.53. The van der Waals surface area contributed by atoms with E-state index in [2.05, 4.69) is 90.4 Å². The van der Waals surface area contributed by atoms with Gasteiger partial charge in [0.25, 0.3) is 0 Å². The molecule has 1 aliphatic rings. The zero-order valence-electron chi connectivity index (χ0n) is 15.3. The lowest BCUT2D eigenvalue weighted by molar-refractivity contribution is 0.708. The van der Waals surface area contributed by atoms with E-state index in [1.165, 1.54) is 37.5 Å². The number of rotatable bonds is 4. The lowest BCUT2D eigenvalue weighted by atomic mass is 10.1. The van der Waals surface area contributed by atoms with Crippen molar-refractivity contribution in [2.75, 3.05) is 0 Å². The molecule has 1 aliphatic heterocycles. The van der Waals surface area contributed by atoms with Gasteiger partial charge in [-0.25, -0.2) is 0 Å². The average Bonchev–Trinajstić information content (AvgIpc) is 3.28. The molecule has 1 nitrogen and oxygen atoms in total. The van der Waals surface area contributed by atoms with Gasteiger partial charge in [-0.2, -0.15) is 0 Å². The summed E-state index contributed by atoms with van der Waals surface area (Å²) in [5.74, 6) is 0. The first kappa shape index (κ1) is 17.0. The zero-order chi connectivity index (χ0) is 18.2. The van der Waals surface area contributed by atoms with E-state index < -0.39 is 0 Å². The molecule has 0 fully saturated rings. The summed E-state index contributed by atoms with van der Waals surface area (Å²) in [7, 11) is 0. The first-order valence-electron chi connectivity index (χ1n) is 9.45. The number of hydrogen-bond donors (Lipinski definition) is 0. The van der Waals surface area contributed by atoms with Crippen molar-refractivity contribution in [2.45, 2.75) is 34.3 Å². The summed E-state index contributed by atoms with van der Waals surface area (Å²) in [6.07, 6.45) is 1.13. The molecule has 2 heterocycles. The minimum atomic E-state index is 0.389. The predicted molar refractivity (Wildman–Crippen MR) is 119 cm³/mol. The number of aromatic nitrogens is 1. The number of hydrogen-bond acceptors (Lipinski definition) is 2. The van der Waals surface area contributed by atoms with Crippen LogP contribution in [0.25, 0.3) is 22.2 Å². The van der Waals surface area contributed by atoms with Crippen molar-refractivity contribution in [3.8, 4) is 11.3 Å². The van der Waals surface area contributed by atoms with Crippen LogP contribution in [0, 0.1) is 0 Å². The third-order valence-electron chi connectivity index (χ3n) is 5.06. The molecule has 0 spiro atoms. The number of fused-ring (bicyclic) bond motifs is 2. The number of nitrogens with zero attached hydrogens (tertiary/aromatic N) is 1. The summed E-state index contributed by atoms with van der Waals surface area (Å²) in [6.45, 7) is 3.30. The molecular formula is C24H21NS2. The molecule has 0 unspecified atom stereocenters. The Balaban J connectivity index is 1.76. The molecule has 0 radical (unpaired) electrons. The molecular weight excluding hydrogens is 366 g/mol. The van der Waals surface area contributed by atoms with Crippen LogP contribution in [-0.4, -0.2) is 4.57 Å². The van der Waals surface area contributed by atoms with Crippen LogP contribution in [0.2, 0.25) is 0 Å². The van der Waals surface area contributed by atoms with Crippen LogP contribution in [0.1, 0.15) is 23.5 Å². The van der Waals surface area contributed by atoms with Crippen LogP contribution in [0.5, 0.6) is 0 Å². The fourth-order valence-corrected chi connectivity index (χ4v) is 6.91. The van der Waals surface area contributed by atoms with Gasteiger partial charge in [-0.1, -0.05) is 67.6 Å². The van der Waals surface area contributed by atoms with Crippen LogP contribution in [0.15, 0.2) is 88.7 Å². The molecule has 4 aromatic rings. The summed E-state index contributed by atoms with van der Waals surface area (Å²) < 4.78 is 2.92. The Labute approximate surface area is 168 Å². The van der Waals surface area contributed by atoms with E-state index in [-0.39, 0.29) is 0 Å². The predicted octanol–water partition coefficient (Wildman–Crippen LogP) is 7.61. The van der Waals surface area contributed by atoms with Gasteiger partial charge < -0.3 is 4.57 Å². The van der Waals surface area contributed by atoms with E-state index in [9.17, 15) is 0 Å². The lowest BCUT2D eigenvalue weighted by Crippen LogP contribution is -2.00. The van der Waals surface area contributed by atoms with Crippen molar-refractivity contribution < 1.29 is 0 Å². The zero-order valence-corrected chi connectivity index (χ0v) is 16.9. The Kier molecular flexibility index (Phi) is 4.50. The number of aryl methyl sites for hydroxylation is 1. The van der Waals surface area contributed by atoms with Crippen molar-refractivity contribution in [1.29, 1.82) is 0 Å². The van der Waals surface area contributed by atoms with E-state index in [1.54, 1.807) is 0 Å². The second-order valence-corrected chi connectivity index (χ2v) is 9.40. The average molecular weight is 388 g/mol. The van der Waals surface area contributed by atoms with Gasteiger partial charge in [-0.3, -0.25) is 0 Å². The third kappa shape index (κ3) is 2.90. The standard InChI is InChI=1S/C24H21NS2/c1-2-16-25-19-13-7-6-12-18(19)22(23(25)17-10-4-3-5-11-17)24-26-20-14-8-9-15-21(20)27-24/h3-15,24H,2,16H2,1H3. The number of benzene rings is 3. The summed E-state index contributed by atoms with van der Waals surface area (Å²) in [6, 6.07) is 28.6. The number of para-hydroxylation sites is 1. The molecule has 0 aliphatic carbocycles. The van der Waals surface area contributed by atoms with E-state index in [0.29, 0.717) is 4.58 Å². The molecule has 0 atom stereocenters. The van der Waals surface area contributed by atoms with E-state index >= 15 is 0 Å². The highest BCUT2D eigenvalue weighted by atomic mass is 32.2. The van der Waals surface area contributed by atoms with E-state index in [4.69, 9.17) is 0 Å². The minimum absolute atomic E-state index is 0.389. The molecule has 0 bridgehead atoms. The Morgan fingerprint density at radius 2 is 1.41 bits per heavy atom. The second kappa shape index (κ2) is 7.14. The van der Waals surface area contributed by atoms with Gasteiger partial charge in [0.15, 0.2) is 0 Å². The van der Waals surface area contributed by atoms with E-state index in [1.807, 2.05) is 23.5 Å². The van der Waals surface area contributed by atoms with Crippen molar-refractivity contribution >= 4 is 34.4 Å². The fourth-order valence-electron chi connectivity index (χ4n) is 3.95. The highest BCUT2D eigenvalue weighted by molar-refractivity contribution is 8.19. The van der Waals surface area contributed by atoms with Gasteiger partial charge >= 0.3 is 0 Å². The summed E-state index contributed by atoms with van der Waals surface area (Å²) in [5.41, 5.74) is 5.52. The Morgan fingerprint density at radius 1 is 0.778 bits per heavy atom. The quantitative estimate of drug-likeness (QED) is 0.355. The maximum Gasteiger partial charge on any atom is 0.0873 e. The molecule has 5 rings (SSSR count). The van der Waals surface area contributed by atoms with Crippen LogP contribution in [-0.2, 0) is 6.54 Å². The molecule has 1 aromatic heterocycles. The molecule has 0 saturated carbocycles. The van der Waals surface area contributed by atoms with Gasteiger partial charge in [-0.15, -0.1) is 23.5 Å². The number of thioether (sulfide) groups is 2. The van der Waals surface area contributed by atoms with Crippen molar-refractivity contribution in [2.24, 2.45) is 0 Å². The highest BCUT2D eigenvalue weighted by Gasteiger charge is 2.31.